The molecular weight excluding hydrogens is 198 g/mol. The third-order valence-electron chi connectivity index (χ3n) is 1.90. The van der Waals surface area contributed by atoms with Gasteiger partial charge in [-0.3, -0.25) is 0 Å². The maximum absolute atomic E-state index is 9.35. The molecule has 0 heterocycles. The summed E-state index contributed by atoms with van der Waals surface area (Å²) in [5.41, 5.74) is 2.12. The smallest absolute Gasteiger partial charge is 0.117 e. The van der Waals surface area contributed by atoms with Gasteiger partial charge in [-0.2, -0.15) is 0 Å². The van der Waals surface area contributed by atoms with Gasteiger partial charge in [-0.1, -0.05) is 6.07 Å². The van der Waals surface area contributed by atoms with Crippen molar-refractivity contribution in [2.75, 3.05) is 11.2 Å². The fraction of sp³-hybridized carbons (Fsp3) is 0.455. The largest absolute Gasteiger partial charge is 0.508 e. The van der Waals surface area contributed by atoms with E-state index in [0.29, 0.717) is 11.9 Å². The fourth-order valence-electron chi connectivity index (χ4n) is 1.33. The van der Waals surface area contributed by atoms with E-state index in [9.17, 15) is 5.11 Å². The van der Waals surface area contributed by atoms with E-state index in [1.54, 1.807) is 12.1 Å². The van der Waals surface area contributed by atoms with Gasteiger partial charge in [-0.25, -0.2) is 0 Å². The monoisotopic (exact) mass is 213 g/mol. The number of anilines is 1. The third-order valence-corrected chi connectivity index (χ3v) is 2.09. The lowest BCUT2D eigenvalue weighted by atomic mass is 10.1. The third kappa shape index (κ3) is 3.11. The minimum Gasteiger partial charge on any atom is -0.508 e. The van der Waals surface area contributed by atoms with Crippen molar-refractivity contribution in [3.05, 3.63) is 23.8 Å². The summed E-state index contributed by atoms with van der Waals surface area (Å²) in [5.74, 6) is 0.879. The average Bonchev–Trinajstić information content (AvgIpc) is 2.09. The predicted octanol–water partition coefficient (Wildman–Crippen LogP) is 2.99. The van der Waals surface area contributed by atoms with Crippen molar-refractivity contribution in [2.45, 2.75) is 26.3 Å². The minimum atomic E-state index is 0.284. The number of halogens is 1. The highest BCUT2D eigenvalue weighted by molar-refractivity contribution is 6.18. The standard InChI is InChI=1S/C11H16ClNO/c1-8(2)13-11-7-10(14)4-3-9(11)5-6-12/h3-4,7-8,13-14H,5-6H2,1-2H3. The van der Waals surface area contributed by atoms with Crippen LogP contribution in [0.5, 0.6) is 5.75 Å². The van der Waals surface area contributed by atoms with Gasteiger partial charge in [0.2, 0.25) is 0 Å². The zero-order valence-electron chi connectivity index (χ0n) is 8.55. The molecule has 2 nitrogen and oxygen atoms in total. The van der Waals surface area contributed by atoms with Gasteiger partial charge in [0.25, 0.3) is 0 Å². The number of aromatic hydroxyl groups is 1. The first kappa shape index (κ1) is 11.2. The molecule has 0 aliphatic carbocycles. The Morgan fingerprint density at radius 2 is 2.14 bits per heavy atom. The summed E-state index contributed by atoms with van der Waals surface area (Å²) in [7, 11) is 0. The molecule has 0 radical (unpaired) electrons. The number of phenols is 1. The minimum absolute atomic E-state index is 0.284. The van der Waals surface area contributed by atoms with Crippen molar-refractivity contribution in [2.24, 2.45) is 0 Å². The van der Waals surface area contributed by atoms with Crippen LogP contribution in [-0.2, 0) is 6.42 Å². The number of hydrogen-bond donors (Lipinski definition) is 2. The molecule has 0 unspecified atom stereocenters. The normalized spacial score (nSPS) is 10.6. The predicted molar refractivity (Wildman–Crippen MR) is 61.3 cm³/mol. The van der Waals surface area contributed by atoms with Crippen molar-refractivity contribution in [3.63, 3.8) is 0 Å². The number of aryl methyl sites for hydroxylation is 1. The van der Waals surface area contributed by atoms with Gasteiger partial charge in [0.05, 0.1) is 0 Å². The molecule has 0 amide bonds. The molecule has 1 aromatic rings. The summed E-state index contributed by atoms with van der Waals surface area (Å²) in [5, 5.41) is 12.6. The molecule has 0 aliphatic heterocycles. The molecule has 0 saturated carbocycles. The van der Waals surface area contributed by atoms with E-state index in [2.05, 4.69) is 19.2 Å². The molecule has 0 fully saturated rings. The summed E-state index contributed by atoms with van der Waals surface area (Å²) < 4.78 is 0. The summed E-state index contributed by atoms with van der Waals surface area (Å²) >= 11 is 5.69. The quantitative estimate of drug-likeness (QED) is 0.754. The molecule has 1 rings (SSSR count). The second-order valence-electron chi connectivity index (χ2n) is 3.58. The molecule has 0 bridgehead atoms. The van der Waals surface area contributed by atoms with E-state index in [4.69, 9.17) is 11.6 Å². The first-order valence-electron chi connectivity index (χ1n) is 4.78. The van der Waals surface area contributed by atoms with E-state index in [1.807, 2.05) is 6.07 Å². The molecule has 0 spiro atoms. The Kier molecular flexibility index (Phi) is 4.08. The Labute approximate surface area is 89.9 Å². The first-order chi connectivity index (χ1) is 6.63. The zero-order valence-corrected chi connectivity index (χ0v) is 9.30. The van der Waals surface area contributed by atoms with E-state index < -0.39 is 0 Å². The van der Waals surface area contributed by atoms with Crippen LogP contribution in [-0.4, -0.2) is 17.0 Å². The molecule has 3 heteroatoms. The molecule has 0 saturated heterocycles. The Balaban J connectivity index is 2.90. The van der Waals surface area contributed by atoms with Crippen LogP contribution in [0.1, 0.15) is 19.4 Å². The molecule has 0 aliphatic rings. The van der Waals surface area contributed by atoms with Gasteiger partial charge in [0.15, 0.2) is 0 Å². The van der Waals surface area contributed by atoms with Gasteiger partial charge in [-0.15, -0.1) is 11.6 Å². The highest BCUT2D eigenvalue weighted by Gasteiger charge is 2.04. The first-order valence-corrected chi connectivity index (χ1v) is 5.31. The van der Waals surface area contributed by atoms with Gasteiger partial charge < -0.3 is 10.4 Å². The zero-order chi connectivity index (χ0) is 10.6. The number of alkyl halides is 1. The van der Waals surface area contributed by atoms with Crippen molar-refractivity contribution in [1.29, 1.82) is 0 Å². The van der Waals surface area contributed by atoms with E-state index in [1.165, 1.54) is 0 Å². The van der Waals surface area contributed by atoms with Crippen LogP contribution in [0.25, 0.3) is 0 Å². The average molecular weight is 214 g/mol. The lowest BCUT2D eigenvalue weighted by Gasteiger charge is -2.14. The highest BCUT2D eigenvalue weighted by atomic mass is 35.5. The van der Waals surface area contributed by atoms with Crippen molar-refractivity contribution in [3.8, 4) is 5.75 Å². The second kappa shape index (κ2) is 5.11. The van der Waals surface area contributed by atoms with Gasteiger partial charge >= 0.3 is 0 Å². The van der Waals surface area contributed by atoms with E-state index in [-0.39, 0.29) is 5.75 Å². The molecule has 1 aromatic carbocycles. The van der Waals surface area contributed by atoms with Crippen LogP contribution in [0.3, 0.4) is 0 Å². The molecule has 0 atom stereocenters. The van der Waals surface area contributed by atoms with E-state index >= 15 is 0 Å². The maximum atomic E-state index is 9.35. The van der Waals surface area contributed by atoms with Gasteiger partial charge in [0, 0.05) is 23.7 Å². The Morgan fingerprint density at radius 1 is 1.43 bits per heavy atom. The van der Waals surface area contributed by atoms with Crippen LogP contribution in [0.2, 0.25) is 0 Å². The Morgan fingerprint density at radius 3 is 2.71 bits per heavy atom. The highest BCUT2D eigenvalue weighted by Crippen LogP contribution is 2.23. The molecule has 0 aromatic heterocycles. The lowest BCUT2D eigenvalue weighted by molar-refractivity contribution is 0.475. The summed E-state index contributed by atoms with van der Waals surface area (Å²) in [4.78, 5) is 0. The Bertz CT molecular complexity index is 299. The van der Waals surface area contributed by atoms with Crippen molar-refractivity contribution < 1.29 is 5.11 Å². The van der Waals surface area contributed by atoms with Crippen LogP contribution in [0, 0.1) is 0 Å². The van der Waals surface area contributed by atoms with Gasteiger partial charge in [-0.05, 0) is 31.9 Å². The SMILES string of the molecule is CC(C)Nc1cc(O)ccc1CCCl. The summed E-state index contributed by atoms with van der Waals surface area (Å²) in [6, 6.07) is 5.68. The lowest BCUT2D eigenvalue weighted by Crippen LogP contribution is -2.11. The van der Waals surface area contributed by atoms with Crippen LogP contribution < -0.4 is 5.32 Å². The molecule has 2 N–H and O–H groups in total. The number of phenolic OH excluding ortho intramolecular Hbond substituents is 1. The second-order valence-corrected chi connectivity index (χ2v) is 3.96. The fourth-order valence-corrected chi connectivity index (χ4v) is 1.53. The van der Waals surface area contributed by atoms with Crippen LogP contribution in [0.15, 0.2) is 18.2 Å². The number of nitrogens with one attached hydrogen (secondary N) is 1. The van der Waals surface area contributed by atoms with Crippen LogP contribution in [0.4, 0.5) is 5.69 Å². The van der Waals surface area contributed by atoms with E-state index in [0.717, 1.165) is 17.7 Å². The number of benzene rings is 1. The van der Waals surface area contributed by atoms with Crippen molar-refractivity contribution >= 4 is 17.3 Å². The summed E-state index contributed by atoms with van der Waals surface area (Å²) in [6.45, 7) is 4.13. The molecule has 78 valence electrons. The molecule has 14 heavy (non-hydrogen) atoms. The van der Waals surface area contributed by atoms with Crippen LogP contribution >= 0.6 is 11.6 Å². The molecular formula is C11H16ClNO. The Hall–Kier alpha value is -0.890. The van der Waals surface area contributed by atoms with Crippen molar-refractivity contribution in [1.82, 2.24) is 0 Å². The topological polar surface area (TPSA) is 32.3 Å². The van der Waals surface area contributed by atoms with Gasteiger partial charge in [0.1, 0.15) is 5.75 Å². The number of hydrogen-bond acceptors (Lipinski definition) is 2. The maximum Gasteiger partial charge on any atom is 0.117 e. The summed E-state index contributed by atoms with van der Waals surface area (Å²) in [6.07, 6.45) is 0.816. The number of rotatable bonds is 4.